The molecule has 3 fully saturated rings. The molecule has 2 aliphatic carbocycles. The van der Waals surface area contributed by atoms with Gasteiger partial charge in [-0.1, -0.05) is 202 Å². The lowest BCUT2D eigenvalue weighted by atomic mass is 9.70. The van der Waals surface area contributed by atoms with Gasteiger partial charge in [0.05, 0.1) is 60.7 Å². The number of aliphatic hydroxyl groups is 1. The van der Waals surface area contributed by atoms with Gasteiger partial charge in [-0.2, -0.15) is 0 Å². The molecule has 93 heavy (non-hydrogen) atoms. The molecule has 2 heterocycles. The lowest BCUT2D eigenvalue weighted by Gasteiger charge is -2.37. The van der Waals surface area contributed by atoms with E-state index in [1.165, 1.54) is 70.5 Å². The van der Waals surface area contributed by atoms with E-state index in [4.69, 9.17) is 9.84 Å². The van der Waals surface area contributed by atoms with Crippen molar-refractivity contribution in [2.24, 2.45) is 21.7 Å². The van der Waals surface area contributed by atoms with Crippen molar-refractivity contribution in [2.45, 2.75) is 121 Å². The molecule has 13 rings (SSSR count). The van der Waals surface area contributed by atoms with E-state index >= 15 is 0 Å². The molecule has 2 saturated carbocycles. The molecular weight excluding hydrogens is 1220 g/mol. The van der Waals surface area contributed by atoms with Crippen LogP contribution in [0.2, 0.25) is 0 Å². The van der Waals surface area contributed by atoms with Crippen LogP contribution in [0, 0.1) is 16.7 Å². The fourth-order valence-corrected chi connectivity index (χ4v) is 17.1. The number of ether oxygens (including phenoxy) is 1. The second-order valence-electron chi connectivity index (χ2n) is 24.1. The van der Waals surface area contributed by atoms with Crippen LogP contribution in [0.5, 0.6) is 5.75 Å². The molecule has 2 atom stereocenters. The molecule has 0 spiro atoms. The van der Waals surface area contributed by atoms with Crippen molar-refractivity contribution in [1.29, 1.82) is 0 Å². The maximum Gasteiger partial charge on any atom is 0.410 e. The number of piperidine rings is 1. The number of carbonyl (C=O) groups is 3. The largest absolute Gasteiger partial charge is 0.872 e. The fraction of sp³-hybridized carbons (Fsp3) is 0.256. The molecule has 2 bridgehead atoms. The molecule has 9 aromatic carbocycles. The van der Waals surface area contributed by atoms with E-state index < -0.39 is 38.6 Å². The number of amides is 1. The van der Waals surface area contributed by atoms with Crippen LogP contribution in [-0.2, 0) is 47.9 Å². The average molecular weight is 1300 g/mol. The van der Waals surface area contributed by atoms with Gasteiger partial charge in [0.25, 0.3) is 0 Å². The number of aliphatic hydroxyl groups excluding tert-OH is 1. The molecule has 2 unspecified atom stereocenters. The van der Waals surface area contributed by atoms with Crippen molar-refractivity contribution in [2.75, 3.05) is 18.8 Å². The monoisotopic (exact) mass is 1300 g/mol. The van der Waals surface area contributed by atoms with Crippen molar-refractivity contribution in [3.63, 3.8) is 0 Å². The highest BCUT2D eigenvalue weighted by Gasteiger charge is 2.64. The van der Waals surface area contributed by atoms with Crippen LogP contribution in [0.1, 0.15) is 94.6 Å². The molecule has 2 aliphatic heterocycles. The number of carbonyl (C=O) groups excluding carboxylic acids is 2. The van der Waals surface area contributed by atoms with Gasteiger partial charge in [-0.25, -0.2) is 18.0 Å². The standard InChI is InChI=1S/2C18H15S.C14H11N.C11H21NO3.C10H16O4S.C7H6O3/c2*1-4-10-16(11-5-1)19(17-12-6-2-7-13-17)18-14-8-3-9-15-18;1-2-6-11(7-3-1)14-10-12-8-4-5-9-13(12)15-14;1-4-11(2,3)15-10(14)12-7-5-9(13)6-8-12;1-9(2)7-3-4-10(9,8(11)5-7)6-15(12,13)14;8-6-4-2-1-3-5(6)7(9)10/h2*1-15H;1-9H,10H2;9,13H,4-8H2,1-3H3;7H,3-6H2,1-2H3,(H,12,13,14);1-4,8H,(H,9,10)/q2*+1;;;;/p-2. The molecule has 482 valence electrons. The zero-order chi connectivity index (χ0) is 66.4. The van der Waals surface area contributed by atoms with Gasteiger partial charge in [-0.05, 0) is 153 Å². The highest BCUT2D eigenvalue weighted by Crippen LogP contribution is 2.64. The van der Waals surface area contributed by atoms with Crippen molar-refractivity contribution < 1.29 is 47.4 Å². The number of rotatable bonds is 12. The predicted octanol–water partition coefficient (Wildman–Crippen LogP) is 16.1. The molecule has 12 nitrogen and oxygen atoms in total. The minimum absolute atomic E-state index is 0.0146. The topological polar surface area (TPSA) is 197 Å². The predicted molar refractivity (Wildman–Crippen MR) is 369 cm³/mol. The lowest BCUT2D eigenvalue weighted by molar-refractivity contribution is -0.268. The minimum atomic E-state index is -4.33. The van der Waals surface area contributed by atoms with Crippen LogP contribution in [0.4, 0.5) is 10.5 Å². The number of nitrogens with zero attached hydrogens (tertiary/aromatic N) is 2. The lowest BCUT2D eigenvalue weighted by Crippen LogP contribution is -2.43. The molecule has 0 radical (unpaired) electrons. The number of hydrogen-bond acceptors (Lipinski definition) is 10. The summed E-state index contributed by atoms with van der Waals surface area (Å²) in [6, 6.07) is 88.6. The van der Waals surface area contributed by atoms with E-state index in [9.17, 15) is 37.6 Å². The van der Waals surface area contributed by atoms with E-state index in [0.717, 1.165) is 24.9 Å². The summed E-state index contributed by atoms with van der Waals surface area (Å²) in [6.45, 7) is 10.8. The van der Waals surface area contributed by atoms with Crippen LogP contribution >= 0.6 is 0 Å². The van der Waals surface area contributed by atoms with Crippen LogP contribution in [0.3, 0.4) is 0 Å². The minimum Gasteiger partial charge on any atom is -0.872 e. The third-order valence-corrected chi connectivity index (χ3v) is 22.5. The normalized spacial score (nSPS) is 16.8. The molecule has 1 amide bonds. The van der Waals surface area contributed by atoms with Gasteiger partial charge in [-0.15, -0.1) is 0 Å². The number of carboxylic acid groups (broad SMARTS) is 1. The third-order valence-electron chi connectivity index (χ3n) is 17.2. The summed E-state index contributed by atoms with van der Waals surface area (Å²) in [7, 11) is -4.36. The number of carboxylic acids is 1. The summed E-state index contributed by atoms with van der Waals surface area (Å²) in [5, 5.41) is 28.4. The Morgan fingerprint density at radius 3 is 1.33 bits per heavy atom. The van der Waals surface area contributed by atoms with Gasteiger partial charge < -0.3 is 29.5 Å². The number of likely N-dealkylation sites (tertiary alicyclic amines) is 1. The van der Waals surface area contributed by atoms with E-state index in [1.54, 1.807) is 4.90 Å². The van der Waals surface area contributed by atoms with E-state index in [2.05, 4.69) is 229 Å². The van der Waals surface area contributed by atoms with Gasteiger partial charge >= 0.3 is 12.1 Å². The smallest absolute Gasteiger partial charge is 0.410 e. The fourth-order valence-electron chi connectivity index (χ4n) is 11.6. The number of hydrogen-bond donors (Lipinski definition) is 2. The van der Waals surface area contributed by atoms with Crippen LogP contribution < -0.4 is 5.11 Å². The number of ketones is 1. The summed E-state index contributed by atoms with van der Waals surface area (Å²) < 4.78 is 38.1. The highest BCUT2D eigenvalue weighted by atomic mass is 32.2. The van der Waals surface area contributed by atoms with E-state index in [1.807, 2.05) is 46.8 Å². The zero-order valence-corrected chi connectivity index (χ0v) is 55.8. The van der Waals surface area contributed by atoms with Gasteiger partial charge in [0.2, 0.25) is 0 Å². The number of fused-ring (bicyclic) bond motifs is 3. The molecule has 15 heteroatoms. The van der Waals surface area contributed by atoms with Gasteiger partial charge in [0, 0.05) is 31.3 Å². The first-order valence-electron chi connectivity index (χ1n) is 31.3. The average Bonchev–Trinajstić information content (AvgIpc) is 1.55. The number of benzene rings is 9. The van der Waals surface area contributed by atoms with E-state index in [-0.39, 0.29) is 56.7 Å². The number of para-hydroxylation sites is 2. The molecule has 0 aromatic heterocycles. The summed E-state index contributed by atoms with van der Waals surface area (Å²) >= 11 is 0. The summed E-state index contributed by atoms with van der Waals surface area (Å²) in [5.41, 5.74) is 3.06. The second-order valence-corrected chi connectivity index (χ2v) is 29.5. The maximum absolute atomic E-state index is 11.8. The number of Topliss-reactive ketones (excluding diaryl/α,β-unsaturated/α-hetero) is 1. The number of aromatic carboxylic acids is 1. The second kappa shape index (κ2) is 33.3. The quantitative estimate of drug-likeness (QED) is 0.0877. The first-order valence-corrected chi connectivity index (χ1v) is 35.3. The first-order chi connectivity index (χ1) is 44.7. The van der Waals surface area contributed by atoms with Crippen molar-refractivity contribution in [3.8, 4) is 5.75 Å². The van der Waals surface area contributed by atoms with Crippen molar-refractivity contribution >= 4 is 61.2 Å². The first kappa shape index (κ1) is 70.3. The van der Waals surface area contributed by atoms with Gasteiger partial charge in [0.15, 0.2) is 29.4 Å². The zero-order valence-electron chi connectivity index (χ0n) is 53.3. The van der Waals surface area contributed by atoms with Crippen LogP contribution in [-0.4, -0.2) is 82.2 Å². The Bertz CT molecular complexity index is 3650. The summed E-state index contributed by atoms with van der Waals surface area (Å²) in [4.78, 5) is 48.2. The molecule has 9 aromatic rings. The summed E-state index contributed by atoms with van der Waals surface area (Å²) in [5.74, 6) is -1.90. The maximum atomic E-state index is 11.8. The van der Waals surface area contributed by atoms with Gasteiger partial charge in [-0.3, -0.25) is 9.79 Å². The molecule has 4 aliphatic rings. The van der Waals surface area contributed by atoms with Crippen molar-refractivity contribution in [1.82, 2.24) is 4.90 Å². The highest BCUT2D eigenvalue weighted by molar-refractivity contribution is 7.97. The molecule has 2 N–H and O–H groups in total. The Morgan fingerprint density at radius 2 is 0.989 bits per heavy atom. The van der Waals surface area contributed by atoms with Crippen molar-refractivity contribution in [3.05, 3.63) is 278 Å². The van der Waals surface area contributed by atoms with Crippen LogP contribution in [0.15, 0.2) is 295 Å². The Hall–Kier alpha value is -8.57. The Labute approximate surface area is 554 Å². The Kier molecular flexibility index (Phi) is 25.2. The van der Waals surface area contributed by atoms with E-state index in [0.29, 0.717) is 38.8 Å². The van der Waals surface area contributed by atoms with Crippen LogP contribution in [0.25, 0.3) is 0 Å². The SMILES string of the molecule is CC1(C)C2CCC1(CS(=O)(=O)[O-])C(=O)C2.CCC(C)(C)OC(=O)N1CCC(O)CC1.O=C(O)c1ccccc1[O-].c1ccc(C2=Nc3ccccc3C2)cc1.c1ccc([S+](c2ccccc2)c2ccccc2)cc1.c1ccc([S+](c2ccccc2)c2ccccc2)cc1. The summed E-state index contributed by atoms with van der Waals surface area (Å²) in [6.07, 6.45) is 4.43. The Balaban J connectivity index is 0.000000145. The molecular formula is C78H82N2O10S3. The third kappa shape index (κ3) is 19.5. The Morgan fingerprint density at radius 1 is 0.602 bits per heavy atom. The molecule has 1 saturated heterocycles. The van der Waals surface area contributed by atoms with Gasteiger partial charge in [0.1, 0.15) is 11.4 Å². The number of aliphatic imine (C=N–C) groups is 1.